The Morgan fingerprint density at radius 3 is 2.48 bits per heavy atom. The van der Waals surface area contributed by atoms with Gasteiger partial charge < -0.3 is 24.4 Å². The fourth-order valence-corrected chi connectivity index (χ4v) is 3.08. The van der Waals surface area contributed by atoms with Gasteiger partial charge in [-0.25, -0.2) is 0 Å². The number of hydrogen-bond donors (Lipinski definition) is 1. The van der Waals surface area contributed by atoms with E-state index in [1.54, 1.807) is 41.3 Å². The van der Waals surface area contributed by atoms with E-state index in [2.05, 4.69) is 5.32 Å². The molecule has 0 radical (unpaired) electrons. The summed E-state index contributed by atoms with van der Waals surface area (Å²) in [6, 6.07) is 14.2. The summed E-state index contributed by atoms with van der Waals surface area (Å²) < 4.78 is 16.6. The van der Waals surface area contributed by atoms with E-state index in [0.717, 1.165) is 0 Å². The zero-order valence-electron chi connectivity index (χ0n) is 14.7. The third kappa shape index (κ3) is 3.73. The number of ether oxygens (including phenoxy) is 3. The van der Waals surface area contributed by atoms with Crippen LogP contribution in [0.4, 0.5) is 5.69 Å². The molecule has 2 heterocycles. The van der Waals surface area contributed by atoms with Crippen molar-refractivity contribution in [3.05, 3.63) is 54.1 Å². The zero-order chi connectivity index (χ0) is 18.6. The molecule has 1 saturated heterocycles. The number of morpholine rings is 1. The lowest BCUT2D eigenvalue weighted by atomic mass is 10.1. The Morgan fingerprint density at radius 1 is 0.963 bits per heavy atom. The lowest BCUT2D eigenvalue weighted by Crippen LogP contribution is -2.42. The number of benzene rings is 2. The maximum absolute atomic E-state index is 12.8. The smallest absolute Gasteiger partial charge is 0.269 e. The lowest BCUT2D eigenvalue weighted by Gasteiger charge is -2.28. The third-order valence-corrected chi connectivity index (χ3v) is 4.51. The molecule has 0 saturated carbocycles. The van der Waals surface area contributed by atoms with Crippen LogP contribution in [0, 0.1) is 0 Å². The molecule has 0 unspecified atom stereocenters. The van der Waals surface area contributed by atoms with Crippen molar-refractivity contribution in [1.82, 2.24) is 4.90 Å². The molecule has 0 bridgehead atoms. The molecule has 1 fully saturated rings. The van der Waals surface area contributed by atoms with Gasteiger partial charge in [0.25, 0.3) is 11.8 Å². The number of para-hydroxylation sites is 3. The Labute approximate surface area is 156 Å². The Kier molecular flexibility index (Phi) is 4.93. The van der Waals surface area contributed by atoms with E-state index in [1.165, 1.54) is 0 Å². The van der Waals surface area contributed by atoms with Crippen molar-refractivity contribution in [2.24, 2.45) is 0 Å². The molecule has 7 nitrogen and oxygen atoms in total. The summed E-state index contributed by atoms with van der Waals surface area (Å²) in [5.74, 6) is 0.665. The lowest BCUT2D eigenvalue weighted by molar-refractivity contribution is -0.125. The number of fused-ring (bicyclic) bond motifs is 1. The van der Waals surface area contributed by atoms with Gasteiger partial charge in [-0.15, -0.1) is 0 Å². The van der Waals surface area contributed by atoms with E-state index in [9.17, 15) is 9.59 Å². The number of hydrogen-bond acceptors (Lipinski definition) is 5. The van der Waals surface area contributed by atoms with Gasteiger partial charge in [0.1, 0.15) is 6.61 Å². The minimum absolute atomic E-state index is 0.114. The van der Waals surface area contributed by atoms with Gasteiger partial charge in [-0.2, -0.15) is 0 Å². The Hall–Kier alpha value is -3.06. The van der Waals surface area contributed by atoms with Crippen LogP contribution in [-0.4, -0.2) is 55.7 Å². The summed E-state index contributed by atoms with van der Waals surface area (Å²) in [7, 11) is 0. The highest BCUT2D eigenvalue weighted by Gasteiger charge is 2.29. The first-order valence-corrected chi connectivity index (χ1v) is 8.88. The van der Waals surface area contributed by atoms with Crippen LogP contribution in [0.2, 0.25) is 0 Å². The number of rotatable bonds is 3. The van der Waals surface area contributed by atoms with Crippen LogP contribution in [0.5, 0.6) is 11.5 Å². The average Bonchev–Trinajstić information content (AvgIpc) is 2.74. The van der Waals surface area contributed by atoms with Gasteiger partial charge in [0, 0.05) is 13.1 Å². The summed E-state index contributed by atoms with van der Waals surface area (Å²) in [5.41, 5.74) is 0.909. The summed E-state index contributed by atoms with van der Waals surface area (Å²) in [6.45, 7) is 2.23. The molecule has 2 aromatic carbocycles. The minimum Gasteiger partial charge on any atom is -0.485 e. The second-order valence-corrected chi connectivity index (χ2v) is 6.30. The van der Waals surface area contributed by atoms with Gasteiger partial charge in [-0.05, 0) is 24.3 Å². The number of carbonyl (C=O) groups is 2. The first-order valence-electron chi connectivity index (χ1n) is 8.88. The first kappa shape index (κ1) is 17.4. The van der Waals surface area contributed by atoms with Gasteiger partial charge in [0.05, 0.1) is 24.5 Å². The Balaban J connectivity index is 1.48. The number of amides is 2. The minimum atomic E-state index is -0.786. The third-order valence-electron chi connectivity index (χ3n) is 4.51. The standard InChI is InChI=1S/C20H20N2O5/c23-19(18-13-26-16-7-3-4-8-17(16)27-18)21-15-6-2-1-5-14(15)20(24)22-9-11-25-12-10-22/h1-8,18H,9-13H2,(H,21,23)/t18-/m1/s1. The molecule has 27 heavy (non-hydrogen) atoms. The largest absolute Gasteiger partial charge is 0.485 e. The molecule has 140 valence electrons. The summed E-state index contributed by atoms with van der Waals surface area (Å²) in [5, 5.41) is 2.81. The SMILES string of the molecule is O=C(Nc1ccccc1C(=O)N1CCOCC1)[C@H]1COc2ccccc2O1. The highest BCUT2D eigenvalue weighted by molar-refractivity contribution is 6.04. The Morgan fingerprint density at radius 2 is 1.67 bits per heavy atom. The summed E-state index contributed by atoms with van der Waals surface area (Å²) in [4.78, 5) is 27.2. The molecule has 0 spiro atoms. The first-order chi connectivity index (χ1) is 13.2. The van der Waals surface area contributed by atoms with E-state index in [0.29, 0.717) is 49.1 Å². The number of carbonyl (C=O) groups excluding carboxylic acids is 2. The topological polar surface area (TPSA) is 77.1 Å². The number of nitrogens with one attached hydrogen (secondary N) is 1. The molecule has 1 atom stereocenters. The van der Waals surface area contributed by atoms with Gasteiger partial charge in [-0.1, -0.05) is 24.3 Å². The van der Waals surface area contributed by atoms with Crippen LogP contribution < -0.4 is 14.8 Å². The van der Waals surface area contributed by atoms with Crippen molar-refractivity contribution in [2.45, 2.75) is 6.10 Å². The predicted molar refractivity (Wildman–Crippen MR) is 98.1 cm³/mol. The fraction of sp³-hybridized carbons (Fsp3) is 0.300. The van der Waals surface area contributed by atoms with Crippen molar-refractivity contribution in [2.75, 3.05) is 38.2 Å². The van der Waals surface area contributed by atoms with Gasteiger partial charge in [0.15, 0.2) is 11.5 Å². The summed E-state index contributed by atoms with van der Waals surface area (Å²) in [6.07, 6.45) is -0.786. The van der Waals surface area contributed by atoms with E-state index >= 15 is 0 Å². The van der Waals surface area contributed by atoms with E-state index in [1.807, 2.05) is 12.1 Å². The highest BCUT2D eigenvalue weighted by atomic mass is 16.6. The molecule has 1 N–H and O–H groups in total. The van der Waals surface area contributed by atoms with Crippen LogP contribution in [-0.2, 0) is 9.53 Å². The van der Waals surface area contributed by atoms with Crippen LogP contribution in [0.3, 0.4) is 0 Å². The average molecular weight is 368 g/mol. The summed E-state index contributed by atoms with van der Waals surface area (Å²) >= 11 is 0. The molecule has 4 rings (SSSR count). The van der Waals surface area contributed by atoms with Crippen molar-refractivity contribution in [3.8, 4) is 11.5 Å². The number of nitrogens with zero attached hydrogens (tertiary/aromatic N) is 1. The van der Waals surface area contributed by atoms with Gasteiger partial charge >= 0.3 is 0 Å². The predicted octanol–water partition coefficient (Wildman–Crippen LogP) is 1.94. The fourth-order valence-electron chi connectivity index (χ4n) is 3.08. The molecule has 2 aromatic rings. The maximum atomic E-state index is 12.8. The van der Waals surface area contributed by atoms with Gasteiger partial charge in [-0.3, -0.25) is 9.59 Å². The van der Waals surface area contributed by atoms with Crippen LogP contribution in [0.1, 0.15) is 10.4 Å². The molecule has 2 amide bonds. The highest BCUT2D eigenvalue weighted by Crippen LogP contribution is 2.31. The molecule has 2 aliphatic heterocycles. The molecular weight excluding hydrogens is 348 g/mol. The quantitative estimate of drug-likeness (QED) is 0.896. The normalized spacial score (nSPS) is 18.7. The van der Waals surface area contributed by atoms with Crippen LogP contribution in [0.15, 0.2) is 48.5 Å². The van der Waals surface area contributed by atoms with Crippen molar-refractivity contribution < 1.29 is 23.8 Å². The molecule has 0 aromatic heterocycles. The molecule has 0 aliphatic carbocycles. The molecule has 2 aliphatic rings. The van der Waals surface area contributed by atoms with Crippen molar-refractivity contribution in [3.63, 3.8) is 0 Å². The van der Waals surface area contributed by atoms with Crippen LogP contribution in [0.25, 0.3) is 0 Å². The Bertz CT molecular complexity index is 848. The second kappa shape index (κ2) is 7.67. The van der Waals surface area contributed by atoms with E-state index in [-0.39, 0.29) is 18.4 Å². The maximum Gasteiger partial charge on any atom is 0.269 e. The van der Waals surface area contributed by atoms with E-state index in [4.69, 9.17) is 14.2 Å². The van der Waals surface area contributed by atoms with Crippen molar-refractivity contribution >= 4 is 17.5 Å². The zero-order valence-corrected chi connectivity index (χ0v) is 14.7. The second-order valence-electron chi connectivity index (χ2n) is 6.30. The number of anilines is 1. The van der Waals surface area contributed by atoms with Crippen LogP contribution >= 0.6 is 0 Å². The van der Waals surface area contributed by atoms with E-state index < -0.39 is 6.10 Å². The molecule has 7 heteroatoms. The monoisotopic (exact) mass is 368 g/mol. The molecular formula is C20H20N2O5. The van der Waals surface area contributed by atoms with Crippen molar-refractivity contribution in [1.29, 1.82) is 0 Å². The van der Waals surface area contributed by atoms with Gasteiger partial charge in [0.2, 0.25) is 6.10 Å².